The third-order valence-electron chi connectivity index (χ3n) is 2.64. The number of nitrogens with two attached hydrogens (primary N) is 1. The Morgan fingerprint density at radius 2 is 2.05 bits per heavy atom. The molecule has 0 aliphatic rings. The first-order valence-electron chi connectivity index (χ1n) is 6.05. The quantitative estimate of drug-likeness (QED) is 0.660. The number of hydrogen-bond donors (Lipinski definition) is 1. The molecule has 0 amide bonds. The van der Waals surface area contributed by atoms with Gasteiger partial charge < -0.3 is 15.2 Å². The maximum Gasteiger partial charge on any atom is 0.273 e. The number of hydrogen-bond acceptors (Lipinski definition) is 7. The smallest absolute Gasteiger partial charge is 0.273 e. The number of nitrogen functional groups attached to an aromatic ring is 1. The zero-order valence-corrected chi connectivity index (χ0v) is 11.6. The molecule has 0 bridgehead atoms. The summed E-state index contributed by atoms with van der Waals surface area (Å²) in [6.45, 7) is 1.88. The highest BCUT2D eigenvalue weighted by molar-refractivity contribution is 5.48. The van der Waals surface area contributed by atoms with Crippen molar-refractivity contribution >= 4 is 11.5 Å². The maximum absolute atomic E-state index is 10.7. The molecule has 1 aromatic carbocycles. The molecule has 0 atom stereocenters. The number of aromatic nitrogens is 2. The third-order valence-corrected chi connectivity index (χ3v) is 2.64. The van der Waals surface area contributed by atoms with Crippen molar-refractivity contribution in [2.75, 3.05) is 12.8 Å². The van der Waals surface area contributed by atoms with E-state index in [2.05, 4.69) is 9.97 Å². The van der Waals surface area contributed by atoms with Gasteiger partial charge in [0.25, 0.3) is 5.69 Å². The molecule has 0 unspecified atom stereocenters. The van der Waals surface area contributed by atoms with Crippen molar-refractivity contribution in [2.24, 2.45) is 0 Å². The first-order valence-corrected chi connectivity index (χ1v) is 6.05. The number of anilines is 1. The zero-order valence-electron chi connectivity index (χ0n) is 11.6. The Labute approximate surface area is 120 Å². The average molecular weight is 290 g/mol. The van der Waals surface area contributed by atoms with Crippen LogP contribution in [0.5, 0.6) is 11.5 Å². The molecule has 0 radical (unpaired) electrons. The van der Waals surface area contributed by atoms with Gasteiger partial charge in [0.05, 0.1) is 18.1 Å². The van der Waals surface area contributed by atoms with Crippen LogP contribution in [0.2, 0.25) is 0 Å². The van der Waals surface area contributed by atoms with Gasteiger partial charge in [0.2, 0.25) is 0 Å². The highest BCUT2D eigenvalue weighted by Crippen LogP contribution is 2.31. The van der Waals surface area contributed by atoms with Crippen molar-refractivity contribution in [3.8, 4) is 11.5 Å². The third kappa shape index (κ3) is 3.56. The number of nitro benzene ring substituents is 1. The summed E-state index contributed by atoms with van der Waals surface area (Å²) in [5, 5.41) is 10.7. The normalized spacial score (nSPS) is 10.2. The lowest BCUT2D eigenvalue weighted by molar-refractivity contribution is -0.385. The number of benzene rings is 1. The molecule has 8 heteroatoms. The number of aryl methyl sites for hydroxylation is 1. The van der Waals surface area contributed by atoms with E-state index in [1.54, 1.807) is 13.0 Å². The standard InChI is InChI=1S/C13H14N4O4/c1-8-5-12(14)16-13(15-8)7-21-10-4-3-9(17(18)19)6-11(10)20-2/h3-6H,7H2,1-2H3,(H2,14,15,16). The van der Waals surface area contributed by atoms with Crippen LogP contribution in [0.3, 0.4) is 0 Å². The molecule has 0 aliphatic heterocycles. The summed E-state index contributed by atoms with van der Waals surface area (Å²) in [4.78, 5) is 18.4. The summed E-state index contributed by atoms with van der Waals surface area (Å²) >= 11 is 0. The van der Waals surface area contributed by atoms with Gasteiger partial charge in [-0.3, -0.25) is 10.1 Å². The number of ether oxygens (including phenoxy) is 2. The van der Waals surface area contributed by atoms with Crippen molar-refractivity contribution in [3.05, 3.63) is 45.9 Å². The van der Waals surface area contributed by atoms with Gasteiger partial charge >= 0.3 is 0 Å². The van der Waals surface area contributed by atoms with E-state index in [-0.39, 0.29) is 18.0 Å². The molecule has 0 saturated carbocycles. The second kappa shape index (κ2) is 6.04. The van der Waals surface area contributed by atoms with Gasteiger partial charge in [-0.1, -0.05) is 0 Å². The lowest BCUT2D eigenvalue weighted by Gasteiger charge is -2.10. The van der Waals surface area contributed by atoms with Gasteiger partial charge in [-0.2, -0.15) is 0 Å². The summed E-state index contributed by atoms with van der Waals surface area (Å²) in [6.07, 6.45) is 0. The van der Waals surface area contributed by atoms with Crippen molar-refractivity contribution in [1.82, 2.24) is 9.97 Å². The summed E-state index contributed by atoms with van der Waals surface area (Å²) < 4.78 is 10.6. The SMILES string of the molecule is COc1cc([N+](=O)[O-])ccc1OCc1nc(C)cc(N)n1. The minimum Gasteiger partial charge on any atom is -0.493 e. The zero-order chi connectivity index (χ0) is 15.4. The fraction of sp³-hybridized carbons (Fsp3) is 0.231. The topological polar surface area (TPSA) is 113 Å². The number of nitro groups is 1. The predicted molar refractivity (Wildman–Crippen MR) is 75.2 cm³/mol. The van der Waals surface area contributed by atoms with Gasteiger partial charge in [0.1, 0.15) is 12.4 Å². The molecule has 1 aromatic heterocycles. The molecule has 0 spiro atoms. The first kappa shape index (κ1) is 14.5. The van der Waals surface area contributed by atoms with Crippen LogP contribution in [0.15, 0.2) is 24.3 Å². The molecule has 0 saturated heterocycles. The van der Waals surface area contributed by atoms with Crippen LogP contribution in [-0.4, -0.2) is 22.0 Å². The minimum atomic E-state index is -0.503. The van der Waals surface area contributed by atoms with Gasteiger partial charge in [-0.25, -0.2) is 9.97 Å². The van der Waals surface area contributed by atoms with Crippen LogP contribution < -0.4 is 15.2 Å². The van der Waals surface area contributed by atoms with Crippen molar-refractivity contribution in [3.63, 3.8) is 0 Å². The van der Waals surface area contributed by atoms with Crippen LogP contribution in [0.25, 0.3) is 0 Å². The lowest BCUT2D eigenvalue weighted by Crippen LogP contribution is -2.06. The number of methoxy groups -OCH3 is 1. The number of rotatable bonds is 5. The van der Waals surface area contributed by atoms with Gasteiger partial charge in [0.15, 0.2) is 17.3 Å². The predicted octanol–water partition coefficient (Wildman–Crippen LogP) is 1.86. The van der Waals surface area contributed by atoms with E-state index in [0.717, 1.165) is 5.69 Å². The van der Waals surface area contributed by atoms with Crippen LogP contribution in [-0.2, 0) is 6.61 Å². The molecule has 2 aromatic rings. The fourth-order valence-corrected chi connectivity index (χ4v) is 1.75. The fourth-order valence-electron chi connectivity index (χ4n) is 1.75. The molecular formula is C13H14N4O4. The Morgan fingerprint density at radius 3 is 2.67 bits per heavy atom. The second-order valence-corrected chi connectivity index (χ2v) is 4.23. The van der Waals surface area contributed by atoms with E-state index in [0.29, 0.717) is 17.4 Å². The maximum atomic E-state index is 10.7. The average Bonchev–Trinajstić information content (AvgIpc) is 2.43. The second-order valence-electron chi connectivity index (χ2n) is 4.23. The highest BCUT2D eigenvalue weighted by Gasteiger charge is 2.13. The van der Waals surface area contributed by atoms with Gasteiger partial charge in [-0.05, 0) is 13.0 Å². The van der Waals surface area contributed by atoms with E-state index in [1.165, 1.54) is 25.3 Å². The summed E-state index contributed by atoms with van der Waals surface area (Å²) in [6, 6.07) is 5.75. The van der Waals surface area contributed by atoms with Crippen LogP contribution in [0, 0.1) is 17.0 Å². The Kier molecular flexibility index (Phi) is 4.17. The van der Waals surface area contributed by atoms with Crippen molar-refractivity contribution in [2.45, 2.75) is 13.5 Å². The Morgan fingerprint density at radius 1 is 1.29 bits per heavy atom. The summed E-state index contributed by atoms with van der Waals surface area (Å²) in [7, 11) is 1.41. The monoisotopic (exact) mass is 290 g/mol. The van der Waals surface area contributed by atoms with E-state index < -0.39 is 4.92 Å². The molecule has 21 heavy (non-hydrogen) atoms. The highest BCUT2D eigenvalue weighted by atomic mass is 16.6. The molecule has 8 nitrogen and oxygen atoms in total. The van der Waals surface area contributed by atoms with Crippen molar-refractivity contribution in [1.29, 1.82) is 0 Å². The Balaban J connectivity index is 2.17. The van der Waals surface area contributed by atoms with E-state index >= 15 is 0 Å². The summed E-state index contributed by atoms with van der Waals surface area (Å²) in [5.74, 6) is 1.42. The molecule has 2 N–H and O–H groups in total. The van der Waals surface area contributed by atoms with Crippen LogP contribution in [0.4, 0.5) is 11.5 Å². The first-order chi connectivity index (χ1) is 9.99. The molecule has 1 heterocycles. The van der Waals surface area contributed by atoms with Gasteiger partial charge in [0, 0.05) is 17.8 Å². The molecule has 110 valence electrons. The molecule has 0 aliphatic carbocycles. The Hall–Kier alpha value is -2.90. The van der Waals surface area contributed by atoms with Crippen LogP contribution >= 0.6 is 0 Å². The van der Waals surface area contributed by atoms with E-state index in [9.17, 15) is 10.1 Å². The molecule has 2 rings (SSSR count). The van der Waals surface area contributed by atoms with E-state index in [1.807, 2.05) is 0 Å². The molecular weight excluding hydrogens is 276 g/mol. The number of non-ortho nitro benzene ring substituents is 1. The number of nitrogens with zero attached hydrogens (tertiary/aromatic N) is 3. The van der Waals surface area contributed by atoms with E-state index in [4.69, 9.17) is 15.2 Å². The van der Waals surface area contributed by atoms with Gasteiger partial charge in [-0.15, -0.1) is 0 Å². The van der Waals surface area contributed by atoms with Crippen LogP contribution in [0.1, 0.15) is 11.5 Å². The lowest BCUT2D eigenvalue weighted by atomic mass is 10.3. The largest absolute Gasteiger partial charge is 0.493 e. The minimum absolute atomic E-state index is 0.0738. The summed E-state index contributed by atoms with van der Waals surface area (Å²) in [5.41, 5.74) is 6.29. The Bertz CT molecular complexity index is 655. The van der Waals surface area contributed by atoms with Crippen molar-refractivity contribution < 1.29 is 14.4 Å². The molecule has 0 fully saturated rings.